The van der Waals surface area contributed by atoms with Crippen LogP contribution in [0.3, 0.4) is 0 Å². The molecular weight excluding hydrogens is 214 g/mol. The normalized spacial score (nSPS) is 21.2. The molecule has 1 aliphatic heterocycles. The van der Waals surface area contributed by atoms with E-state index in [1.165, 1.54) is 32.1 Å². The van der Waals surface area contributed by atoms with Gasteiger partial charge in [-0.2, -0.15) is 0 Å². The van der Waals surface area contributed by atoms with Crippen molar-refractivity contribution in [2.75, 3.05) is 6.54 Å². The van der Waals surface area contributed by atoms with Crippen LogP contribution in [0.2, 0.25) is 0 Å². The van der Waals surface area contributed by atoms with Crippen molar-refractivity contribution in [3.63, 3.8) is 0 Å². The Labute approximate surface area is 101 Å². The van der Waals surface area contributed by atoms with Crippen LogP contribution < -0.4 is 10.9 Å². The molecule has 1 fully saturated rings. The summed E-state index contributed by atoms with van der Waals surface area (Å²) in [5, 5.41) is 3.28. The number of H-pyrrole nitrogens is 1. The van der Waals surface area contributed by atoms with E-state index in [4.69, 9.17) is 0 Å². The lowest BCUT2D eigenvalue weighted by Crippen LogP contribution is -2.32. The number of nitrogens with one attached hydrogen (secondary N) is 2. The molecule has 1 aromatic rings. The Balaban J connectivity index is 1.95. The van der Waals surface area contributed by atoms with E-state index in [9.17, 15) is 4.79 Å². The van der Waals surface area contributed by atoms with E-state index in [1.807, 2.05) is 0 Å². The summed E-state index contributed by atoms with van der Waals surface area (Å²) in [7, 11) is 0. The minimum absolute atomic E-state index is 0.0945. The fourth-order valence-corrected chi connectivity index (χ4v) is 2.96. The van der Waals surface area contributed by atoms with Crippen molar-refractivity contribution in [3.05, 3.63) is 27.4 Å². The van der Waals surface area contributed by atoms with E-state index < -0.39 is 0 Å². The molecule has 0 aromatic carbocycles. The second kappa shape index (κ2) is 4.61. The lowest BCUT2D eigenvalue weighted by molar-refractivity contribution is 0.425. The van der Waals surface area contributed by atoms with Gasteiger partial charge in [-0.1, -0.05) is 19.3 Å². The fraction of sp³-hybridized carbons (Fsp3) is 0.692. The maximum atomic E-state index is 12.0. The minimum atomic E-state index is 0.0945. The van der Waals surface area contributed by atoms with Crippen molar-refractivity contribution < 1.29 is 0 Å². The molecule has 17 heavy (non-hydrogen) atoms. The number of hydrogen-bond acceptors (Lipinski definition) is 3. The molecule has 2 aliphatic rings. The van der Waals surface area contributed by atoms with Crippen LogP contribution >= 0.6 is 0 Å². The smallest absolute Gasteiger partial charge is 0.254 e. The first-order chi connectivity index (χ1) is 8.34. The predicted octanol–water partition coefficient (Wildman–Crippen LogP) is 1.46. The summed E-state index contributed by atoms with van der Waals surface area (Å²) in [6.45, 7) is 1.64. The first-order valence-corrected chi connectivity index (χ1v) is 6.67. The van der Waals surface area contributed by atoms with Gasteiger partial charge in [0.2, 0.25) is 0 Å². The molecule has 0 amide bonds. The first kappa shape index (κ1) is 11.0. The van der Waals surface area contributed by atoms with Gasteiger partial charge >= 0.3 is 0 Å². The van der Waals surface area contributed by atoms with E-state index in [2.05, 4.69) is 15.3 Å². The molecule has 0 saturated heterocycles. The third-order valence-corrected chi connectivity index (χ3v) is 3.96. The molecule has 0 unspecified atom stereocenters. The van der Waals surface area contributed by atoms with Gasteiger partial charge in [0.15, 0.2) is 0 Å². The zero-order valence-electron chi connectivity index (χ0n) is 10.1. The SMILES string of the molecule is O=c1[nH]c(C2CCCCC2)nc2c1CCNC2. The number of aromatic amines is 1. The molecule has 4 heteroatoms. The lowest BCUT2D eigenvalue weighted by atomic mass is 9.88. The molecule has 0 bridgehead atoms. The van der Waals surface area contributed by atoms with E-state index in [1.54, 1.807) is 0 Å². The summed E-state index contributed by atoms with van der Waals surface area (Å²) in [5.74, 6) is 1.40. The van der Waals surface area contributed by atoms with Gasteiger partial charge in [0.25, 0.3) is 5.56 Å². The molecule has 1 aliphatic carbocycles. The van der Waals surface area contributed by atoms with Gasteiger partial charge in [-0.05, 0) is 25.8 Å². The van der Waals surface area contributed by atoms with Gasteiger partial charge in [0.1, 0.15) is 5.82 Å². The molecular formula is C13H19N3O. The maximum Gasteiger partial charge on any atom is 0.254 e. The van der Waals surface area contributed by atoms with Crippen molar-refractivity contribution in [2.24, 2.45) is 0 Å². The number of aromatic nitrogens is 2. The molecule has 0 spiro atoms. The van der Waals surface area contributed by atoms with E-state index >= 15 is 0 Å². The number of nitrogens with zero attached hydrogens (tertiary/aromatic N) is 1. The largest absolute Gasteiger partial charge is 0.311 e. The number of rotatable bonds is 1. The topological polar surface area (TPSA) is 57.8 Å². The van der Waals surface area contributed by atoms with Crippen LogP contribution in [-0.4, -0.2) is 16.5 Å². The standard InChI is InChI=1S/C13H19N3O/c17-13-10-6-7-14-8-11(10)15-12(16-13)9-4-2-1-3-5-9/h9,14H,1-8H2,(H,15,16,17). The summed E-state index contributed by atoms with van der Waals surface area (Å²) in [5.41, 5.74) is 1.96. The van der Waals surface area contributed by atoms with Gasteiger partial charge in [0, 0.05) is 18.0 Å². The van der Waals surface area contributed by atoms with E-state index in [0.29, 0.717) is 5.92 Å². The van der Waals surface area contributed by atoms with Gasteiger partial charge < -0.3 is 10.3 Å². The van der Waals surface area contributed by atoms with Gasteiger partial charge in [0.05, 0.1) is 5.69 Å². The van der Waals surface area contributed by atoms with Crippen molar-refractivity contribution >= 4 is 0 Å². The lowest BCUT2D eigenvalue weighted by Gasteiger charge is -2.23. The summed E-state index contributed by atoms with van der Waals surface area (Å²) in [6.07, 6.45) is 7.02. The molecule has 3 rings (SSSR count). The zero-order valence-corrected chi connectivity index (χ0v) is 10.1. The Kier molecular flexibility index (Phi) is 2.97. The average molecular weight is 233 g/mol. The van der Waals surface area contributed by atoms with Crippen LogP contribution in [-0.2, 0) is 13.0 Å². The van der Waals surface area contributed by atoms with Crippen molar-refractivity contribution in [2.45, 2.75) is 51.0 Å². The predicted molar refractivity (Wildman–Crippen MR) is 66.1 cm³/mol. The third kappa shape index (κ3) is 2.14. The van der Waals surface area contributed by atoms with Crippen molar-refractivity contribution in [3.8, 4) is 0 Å². The van der Waals surface area contributed by atoms with Crippen LogP contribution in [0.5, 0.6) is 0 Å². The van der Waals surface area contributed by atoms with Crippen molar-refractivity contribution in [1.29, 1.82) is 0 Å². The Morgan fingerprint density at radius 3 is 2.82 bits per heavy atom. The third-order valence-electron chi connectivity index (χ3n) is 3.96. The molecule has 2 heterocycles. The zero-order chi connectivity index (χ0) is 11.7. The molecule has 1 aromatic heterocycles. The van der Waals surface area contributed by atoms with Gasteiger partial charge in [-0.15, -0.1) is 0 Å². The summed E-state index contributed by atoms with van der Waals surface area (Å²) >= 11 is 0. The van der Waals surface area contributed by atoms with Gasteiger partial charge in [-0.3, -0.25) is 4.79 Å². The molecule has 0 radical (unpaired) electrons. The van der Waals surface area contributed by atoms with Crippen LogP contribution in [0.25, 0.3) is 0 Å². The molecule has 1 saturated carbocycles. The minimum Gasteiger partial charge on any atom is -0.311 e. The van der Waals surface area contributed by atoms with E-state index in [0.717, 1.165) is 36.6 Å². The second-order valence-electron chi connectivity index (χ2n) is 5.14. The maximum absolute atomic E-state index is 12.0. The first-order valence-electron chi connectivity index (χ1n) is 6.67. The average Bonchev–Trinajstić information content (AvgIpc) is 2.40. The summed E-state index contributed by atoms with van der Waals surface area (Å²) < 4.78 is 0. The Bertz CT molecular complexity index is 460. The Hall–Kier alpha value is -1.16. The highest BCUT2D eigenvalue weighted by molar-refractivity contribution is 5.21. The monoisotopic (exact) mass is 233 g/mol. The highest BCUT2D eigenvalue weighted by Gasteiger charge is 2.21. The number of hydrogen-bond donors (Lipinski definition) is 2. The summed E-state index contributed by atoms with van der Waals surface area (Å²) in [4.78, 5) is 19.7. The van der Waals surface area contributed by atoms with Crippen LogP contribution in [0, 0.1) is 0 Å². The highest BCUT2D eigenvalue weighted by Crippen LogP contribution is 2.30. The summed E-state index contributed by atoms with van der Waals surface area (Å²) in [6, 6.07) is 0. The van der Waals surface area contributed by atoms with Crippen molar-refractivity contribution in [1.82, 2.24) is 15.3 Å². The van der Waals surface area contributed by atoms with Crippen LogP contribution in [0.1, 0.15) is 55.1 Å². The molecule has 0 atom stereocenters. The van der Waals surface area contributed by atoms with Crippen LogP contribution in [0.15, 0.2) is 4.79 Å². The molecule has 2 N–H and O–H groups in total. The quantitative estimate of drug-likeness (QED) is 0.772. The van der Waals surface area contributed by atoms with E-state index in [-0.39, 0.29) is 5.56 Å². The highest BCUT2D eigenvalue weighted by atomic mass is 16.1. The Morgan fingerprint density at radius 1 is 1.18 bits per heavy atom. The molecule has 4 nitrogen and oxygen atoms in total. The Morgan fingerprint density at radius 2 is 2.00 bits per heavy atom. The second-order valence-corrected chi connectivity index (χ2v) is 5.14. The van der Waals surface area contributed by atoms with Gasteiger partial charge in [-0.25, -0.2) is 4.98 Å². The van der Waals surface area contributed by atoms with Crippen LogP contribution in [0.4, 0.5) is 0 Å². The fourth-order valence-electron chi connectivity index (χ4n) is 2.96. The molecule has 92 valence electrons. The number of fused-ring (bicyclic) bond motifs is 1.